The number of thioether (sulfide) groups is 1. The largest absolute Gasteiger partial charge is 0.384 e. The molecule has 1 rings (SSSR count). The van der Waals surface area contributed by atoms with Crippen molar-refractivity contribution in [2.24, 2.45) is 5.73 Å². The summed E-state index contributed by atoms with van der Waals surface area (Å²) in [5.74, 6) is 0.588. The average Bonchev–Trinajstić information content (AvgIpc) is 2.28. The second-order valence-corrected chi connectivity index (χ2v) is 5.39. The van der Waals surface area contributed by atoms with Gasteiger partial charge in [0.1, 0.15) is 11.7 Å². The summed E-state index contributed by atoms with van der Waals surface area (Å²) in [5, 5.41) is 7.36. The number of hydrogen-bond donors (Lipinski definition) is 2. The van der Waals surface area contributed by atoms with Crippen molar-refractivity contribution in [1.82, 2.24) is 4.90 Å². The van der Waals surface area contributed by atoms with Gasteiger partial charge in [0.15, 0.2) is 0 Å². The highest BCUT2D eigenvalue weighted by Gasteiger charge is 2.10. The molecule has 5 heteroatoms. The zero-order valence-electron chi connectivity index (χ0n) is 11.0. The van der Waals surface area contributed by atoms with Crippen LogP contribution < -0.4 is 5.73 Å². The molecule has 0 aliphatic carbocycles. The topological polar surface area (TPSA) is 53.1 Å². The minimum absolute atomic E-state index is 0.101. The molecular weight excluding hydrogens is 249 g/mol. The van der Waals surface area contributed by atoms with Crippen molar-refractivity contribution >= 4 is 17.6 Å². The van der Waals surface area contributed by atoms with Gasteiger partial charge < -0.3 is 5.73 Å². The Balaban J connectivity index is 2.81. The maximum absolute atomic E-state index is 13.4. The zero-order chi connectivity index (χ0) is 13.7. The third-order valence-electron chi connectivity index (χ3n) is 2.86. The van der Waals surface area contributed by atoms with Crippen molar-refractivity contribution in [3.05, 3.63) is 35.1 Å². The Morgan fingerprint density at radius 1 is 1.50 bits per heavy atom. The molecule has 1 aromatic rings. The molecule has 0 spiro atoms. The van der Waals surface area contributed by atoms with Gasteiger partial charge in [-0.15, -0.1) is 0 Å². The van der Waals surface area contributed by atoms with Crippen LogP contribution in [0.1, 0.15) is 18.1 Å². The molecule has 0 aliphatic rings. The lowest BCUT2D eigenvalue weighted by molar-refractivity contribution is 0.269. The minimum atomic E-state index is -0.344. The average molecular weight is 269 g/mol. The maximum atomic E-state index is 13.4. The molecule has 100 valence electrons. The van der Waals surface area contributed by atoms with E-state index in [4.69, 9.17) is 11.1 Å². The molecule has 18 heavy (non-hydrogen) atoms. The van der Waals surface area contributed by atoms with Gasteiger partial charge in [-0.25, -0.2) is 4.39 Å². The summed E-state index contributed by atoms with van der Waals surface area (Å²) in [4.78, 5) is 2.16. The van der Waals surface area contributed by atoms with E-state index < -0.39 is 0 Å². The number of rotatable bonds is 6. The first-order valence-electron chi connectivity index (χ1n) is 5.77. The number of nitrogens with one attached hydrogen (secondary N) is 1. The van der Waals surface area contributed by atoms with Gasteiger partial charge in [-0.05, 0) is 44.0 Å². The zero-order valence-corrected chi connectivity index (χ0v) is 11.9. The van der Waals surface area contributed by atoms with Gasteiger partial charge in [0.05, 0.1) is 0 Å². The van der Waals surface area contributed by atoms with E-state index in [9.17, 15) is 4.39 Å². The van der Waals surface area contributed by atoms with E-state index >= 15 is 0 Å². The summed E-state index contributed by atoms with van der Waals surface area (Å²) in [5.41, 5.74) is 6.67. The smallest absolute Gasteiger partial charge is 0.124 e. The predicted molar refractivity (Wildman–Crippen MR) is 76.7 cm³/mol. The van der Waals surface area contributed by atoms with Crippen molar-refractivity contribution in [3.63, 3.8) is 0 Å². The molecule has 1 unspecified atom stereocenters. The Labute approximate surface area is 112 Å². The minimum Gasteiger partial charge on any atom is -0.384 e. The summed E-state index contributed by atoms with van der Waals surface area (Å²) in [7, 11) is 2.01. The van der Waals surface area contributed by atoms with Crippen molar-refractivity contribution in [2.45, 2.75) is 19.5 Å². The van der Waals surface area contributed by atoms with Gasteiger partial charge >= 0.3 is 0 Å². The summed E-state index contributed by atoms with van der Waals surface area (Å²) in [6.07, 6.45) is 2.07. The molecular formula is C13H20FN3S. The Morgan fingerprint density at radius 3 is 2.72 bits per heavy atom. The third kappa shape index (κ3) is 4.31. The molecule has 1 atom stereocenters. The summed E-state index contributed by atoms with van der Waals surface area (Å²) in [6.45, 7) is 2.79. The SMILES string of the molecule is CSCC(C)N(C)Cc1cc(F)cc(C(=N)N)c1. The fraction of sp³-hybridized carbons (Fsp3) is 0.462. The maximum Gasteiger partial charge on any atom is 0.124 e. The molecule has 0 fully saturated rings. The lowest BCUT2D eigenvalue weighted by Gasteiger charge is -2.24. The molecule has 0 aliphatic heterocycles. The number of nitrogens with zero attached hydrogens (tertiary/aromatic N) is 1. The van der Waals surface area contributed by atoms with Crippen LogP contribution in [-0.2, 0) is 6.54 Å². The first-order valence-corrected chi connectivity index (χ1v) is 7.16. The van der Waals surface area contributed by atoms with Crippen LogP contribution in [0.15, 0.2) is 18.2 Å². The van der Waals surface area contributed by atoms with E-state index in [2.05, 4.69) is 18.1 Å². The number of benzene rings is 1. The van der Waals surface area contributed by atoms with Crippen LogP contribution in [0.25, 0.3) is 0 Å². The normalized spacial score (nSPS) is 12.7. The van der Waals surface area contributed by atoms with Crippen LogP contribution in [-0.4, -0.2) is 35.8 Å². The Hall–Kier alpha value is -1.07. The fourth-order valence-electron chi connectivity index (χ4n) is 1.71. The lowest BCUT2D eigenvalue weighted by Crippen LogP contribution is -2.30. The van der Waals surface area contributed by atoms with Gasteiger partial charge in [0.2, 0.25) is 0 Å². The molecule has 0 saturated carbocycles. The summed E-state index contributed by atoms with van der Waals surface area (Å²) >= 11 is 1.79. The highest BCUT2D eigenvalue weighted by atomic mass is 32.2. The van der Waals surface area contributed by atoms with Gasteiger partial charge in [0.25, 0.3) is 0 Å². The van der Waals surface area contributed by atoms with Gasteiger partial charge in [-0.1, -0.05) is 0 Å². The monoisotopic (exact) mass is 269 g/mol. The number of halogens is 1. The molecule has 0 bridgehead atoms. The highest BCUT2D eigenvalue weighted by molar-refractivity contribution is 7.98. The molecule has 0 aromatic heterocycles. The predicted octanol–water partition coefficient (Wildman–Crippen LogP) is 2.29. The fourth-order valence-corrected chi connectivity index (χ4v) is 2.45. The van der Waals surface area contributed by atoms with E-state index in [1.54, 1.807) is 17.8 Å². The van der Waals surface area contributed by atoms with Crippen molar-refractivity contribution in [1.29, 1.82) is 5.41 Å². The van der Waals surface area contributed by atoms with Gasteiger partial charge in [-0.3, -0.25) is 10.3 Å². The van der Waals surface area contributed by atoms with Crippen LogP contribution >= 0.6 is 11.8 Å². The molecule has 3 nitrogen and oxygen atoms in total. The van der Waals surface area contributed by atoms with E-state index in [-0.39, 0.29) is 11.7 Å². The first-order chi connectivity index (χ1) is 8.43. The molecule has 0 saturated heterocycles. The Morgan fingerprint density at radius 2 is 2.17 bits per heavy atom. The third-order valence-corrected chi connectivity index (χ3v) is 3.68. The van der Waals surface area contributed by atoms with E-state index in [0.717, 1.165) is 11.3 Å². The Bertz CT molecular complexity index is 423. The van der Waals surface area contributed by atoms with Crippen LogP contribution in [0.4, 0.5) is 4.39 Å². The number of hydrogen-bond acceptors (Lipinski definition) is 3. The van der Waals surface area contributed by atoms with Crippen LogP contribution in [0.5, 0.6) is 0 Å². The number of nitrogen functional groups attached to an aromatic ring is 1. The highest BCUT2D eigenvalue weighted by Crippen LogP contribution is 2.13. The summed E-state index contributed by atoms with van der Waals surface area (Å²) < 4.78 is 13.4. The van der Waals surface area contributed by atoms with E-state index in [1.165, 1.54) is 12.1 Å². The van der Waals surface area contributed by atoms with Crippen LogP contribution in [0.3, 0.4) is 0 Å². The lowest BCUT2D eigenvalue weighted by atomic mass is 10.1. The Kier molecular flexibility index (Phi) is 5.62. The van der Waals surface area contributed by atoms with E-state index in [0.29, 0.717) is 18.2 Å². The second-order valence-electron chi connectivity index (χ2n) is 4.48. The van der Waals surface area contributed by atoms with Crippen LogP contribution in [0.2, 0.25) is 0 Å². The van der Waals surface area contributed by atoms with Crippen molar-refractivity contribution in [2.75, 3.05) is 19.1 Å². The van der Waals surface area contributed by atoms with Crippen molar-refractivity contribution in [3.8, 4) is 0 Å². The van der Waals surface area contributed by atoms with E-state index in [1.807, 2.05) is 7.05 Å². The molecule has 3 N–H and O–H groups in total. The van der Waals surface area contributed by atoms with Crippen molar-refractivity contribution < 1.29 is 4.39 Å². The quantitative estimate of drug-likeness (QED) is 0.615. The standard InChI is InChI=1S/C13H20FN3S/c1-9(8-18-3)17(2)7-10-4-11(13(15)16)6-12(14)5-10/h4-6,9H,7-8H2,1-3H3,(H3,15,16). The molecule has 1 aromatic carbocycles. The number of amidine groups is 1. The summed E-state index contributed by atoms with van der Waals surface area (Å²) in [6, 6.07) is 4.98. The molecule has 0 amide bonds. The van der Waals surface area contributed by atoms with Gasteiger partial charge in [0, 0.05) is 23.9 Å². The first kappa shape index (κ1) is 15.0. The number of nitrogens with two attached hydrogens (primary N) is 1. The molecule has 0 heterocycles. The van der Waals surface area contributed by atoms with Crippen LogP contribution in [0, 0.1) is 11.2 Å². The molecule has 0 radical (unpaired) electrons. The van der Waals surface area contributed by atoms with Gasteiger partial charge in [-0.2, -0.15) is 11.8 Å². The second kappa shape index (κ2) is 6.75.